The van der Waals surface area contributed by atoms with Gasteiger partial charge in [-0.3, -0.25) is 5.41 Å². The molecule has 0 unspecified atom stereocenters. The van der Waals surface area contributed by atoms with Crippen LogP contribution in [0.5, 0.6) is 0 Å². The first-order valence-electron chi connectivity index (χ1n) is 3.73. The summed E-state index contributed by atoms with van der Waals surface area (Å²) in [5.41, 5.74) is 6.50. The van der Waals surface area contributed by atoms with Gasteiger partial charge in [-0.25, -0.2) is 0 Å². The van der Waals surface area contributed by atoms with Crippen LogP contribution in [-0.4, -0.2) is 11.6 Å². The van der Waals surface area contributed by atoms with E-state index in [0.29, 0.717) is 5.75 Å². The Bertz CT molecular complexity index is 246. The fourth-order valence-electron chi connectivity index (χ4n) is 0.853. The molecule has 0 bridgehead atoms. The van der Waals surface area contributed by atoms with E-state index in [4.69, 9.17) is 11.1 Å². The van der Waals surface area contributed by atoms with Crippen LogP contribution in [0.25, 0.3) is 0 Å². The molecule has 0 aliphatic heterocycles. The van der Waals surface area contributed by atoms with Crippen LogP contribution < -0.4 is 5.73 Å². The van der Waals surface area contributed by atoms with E-state index in [1.807, 2.05) is 18.2 Å². The molecule has 0 fully saturated rings. The van der Waals surface area contributed by atoms with Gasteiger partial charge in [-0.15, -0.1) is 11.8 Å². The Hall–Kier alpha value is -0.960. The van der Waals surface area contributed by atoms with Crippen molar-refractivity contribution < 1.29 is 0 Å². The summed E-state index contributed by atoms with van der Waals surface area (Å²) in [6.07, 6.45) is 0. The van der Waals surface area contributed by atoms with Gasteiger partial charge in [0.05, 0.1) is 5.75 Å². The fourth-order valence-corrected chi connectivity index (χ4v) is 1.60. The molecule has 0 radical (unpaired) electrons. The van der Waals surface area contributed by atoms with E-state index in [-0.39, 0.29) is 5.84 Å². The van der Waals surface area contributed by atoms with Gasteiger partial charge < -0.3 is 5.73 Å². The second-order valence-electron chi connectivity index (χ2n) is 2.50. The van der Waals surface area contributed by atoms with E-state index < -0.39 is 0 Å². The largest absolute Gasteiger partial charge is 0.387 e. The van der Waals surface area contributed by atoms with Gasteiger partial charge in [0.25, 0.3) is 0 Å². The summed E-state index contributed by atoms with van der Waals surface area (Å²) < 4.78 is 0. The van der Waals surface area contributed by atoms with Crippen LogP contribution in [0.2, 0.25) is 0 Å². The molecule has 0 saturated carbocycles. The third kappa shape index (κ3) is 3.44. The molecule has 0 aromatic heterocycles. The summed E-state index contributed by atoms with van der Waals surface area (Å²) >= 11 is 1.66. The average molecular weight is 180 g/mol. The predicted octanol–water partition coefficient (Wildman–Crippen LogP) is 1.86. The van der Waals surface area contributed by atoms with Crippen molar-refractivity contribution in [2.75, 3.05) is 5.75 Å². The first-order chi connectivity index (χ1) is 5.79. The highest BCUT2D eigenvalue weighted by Crippen LogP contribution is 2.10. The third-order valence-electron chi connectivity index (χ3n) is 1.37. The number of nitrogens with one attached hydrogen (secondary N) is 1. The van der Waals surface area contributed by atoms with Crippen LogP contribution in [0.4, 0.5) is 0 Å². The minimum Gasteiger partial charge on any atom is -0.387 e. The summed E-state index contributed by atoms with van der Waals surface area (Å²) in [7, 11) is 0. The lowest BCUT2D eigenvalue weighted by molar-refractivity contribution is 1.39. The first kappa shape index (κ1) is 9.13. The second kappa shape index (κ2) is 4.83. The average Bonchev–Trinajstić information content (AvgIpc) is 2.05. The quantitative estimate of drug-likeness (QED) is 0.549. The molecule has 64 valence electrons. The van der Waals surface area contributed by atoms with Gasteiger partial charge >= 0.3 is 0 Å². The van der Waals surface area contributed by atoms with E-state index in [1.54, 1.807) is 11.8 Å². The van der Waals surface area contributed by atoms with Crippen molar-refractivity contribution in [3.8, 4) is 0 Å². The lowest BCUT2D eigenvalue weighted by Crippen LogP contribution is -2.12. The number of hydrogen-bond acceptors (Lipinski definition) is 2. The molecule has 12 heavy (non-hydrogen) atoms. The Morgan fingerprint density at radius 1 is 1.33 bits per heavy atom. The molecule has 0 spiro atoms. The van der Waals surface area contributed by atoms with Crippen molar-refractivity contribution in [2.24, 2.45) is 5.73 Å². The molecule has 3 N–H and O–H groups in total. The Morgan fingerprint density at radius 2 is 2.00 bits per heavy atom. The van der Waals surface area contributed by atoms with Crippen molar-refractivity contribution in [2.45, 2.75) is 5.75 Å². The molecule has 0 aliphatic carbocycles. The van der Waals surface area contributed by atoms with Crippen LogP contribution in [0.15, 0.2) is 30.3 Å². The topological polar surface area (TPSA) is 49.9 Å². The smallest absolute Gasteiger partial charge is 0.101 e. The number of hydrogen-bond donors (Lipinski definition) is 2. The Kier molecular flexibility index (Phi) is 3.67. The molecule has 0 amide bonds. The van der Waals surface area contributed by atoms with Gasteiger partial charge in [-0.05, 0) is 5.56 Å². The Labute approximate surface area is 76.7 Å². The zero-order valence-corrected chi connectivity index (χ0v) is 7.60. The molecule has 0 saturated heterocycles. The van der Waals surface area contributed by atoms with E-state index in [2.05, 4.69) is 12.1 Å². The molecule has 0 heterocycles. The van der Waals surface area contributed by atoms with Crippen molar-refractivity contribution >= 4 is 17.6 Å². The summed E-state index contributed by atoms with van der Waals surface area (Å²) in [5, 5.41) is 7.02. The predicted molar refractivity (Wildman–Crippen MR) is 54.5 cm³/mol. The van der Waals surface area contributed by atoms with E-state index in [9.17, 15) is 0 Å². The standard InChI is InChI=1S/C9H12N2S/c10-9(11)7-12-6-8-4-2-1-3-5-8/h1-5H,6-7H2,(H3,10,11). The normalized spacial score (nSPS) is 9.67. The van der Waals surface area contributed by atoms with Crippen LogP contribution in [0.1, 0.15) is 5.56 Å². The summed E-state index contributed by atoms with van der Waals surface area (Å²) in [5.74, 6) is 1.80. The summed E-state index contributed by atoms with van der Waals surface area (Å²) in [6, 6.07) is 10.2. The number of amidine groups is 1. The lowest BCUT2D eigenvalue weighted by Gasteiger charge is -1.99. The first-order valence-corrected chi connectivity index (χ1v) is 4.89. The fraction of sp³-hybridized carbons (Fsp3) is 0.222. The van der Waals surface area contributed by atoms with Crippen LogP contribution in [-0.2, 0) is 5.75 Å². The monoisotopic (exact) mass is 180 g/mol. The van der Waals surface area contributed by atoms with Gasteiger partial charge in [0.1, 0.15) is 5.84 Å². The van der Waals surface area contributed by atoms with Gasteiger partial charge in [0.15, 0.2) is 0 Å². The van der Waals surface area contributed by atoms with Crippen molar-refractivity contribution in [1.29, 1.82) is 5.41 Å². The van der Waals surface area contributed by atoms with Crippen LogP contribution >= 0.6 is 11.8 Å². The number of rotatable bonds is 4. The third-order valence-corrected chi connectivity index (χ3v) is 2.42. The van der Waals surface area contributed by atoms with Crippen LogP contribution in [0.3, 0.4) is 0 Å². The van der Waals surface area contributed by atoms with E-state index in [1.165, 1.54) is 5.56 Å². The zero-order chi connectivity index (χ0) is 8.81. The number of benzene rings is 1. The zero-order valence-electron chi connectivity index (χ0n) is 6.79. The number of thioether (sulfide) groups is 1. The number of nitrogens with two attached hydrogens (primary N) is 1. The highest BCUT2D eigenvalue weighted by Gasteiger charge is 1.92. The van der Waals surface area contributed by atoms with E-state index in [0.717, 1.165) is 5.75 Å². The molecule has 3 heteroatoms. The molecular formula is C9H12N2S. The highest BCUT2D eigenvalue weighted by molar-refractivity contribution is 7.99. The van der Waals surface area contributed by atoms with Crippen molar-refractivity contribution in [3.63, 3.8) is 0 Å². The van der Waals surface area contributed by atoms with Gasteiger partial charge in [0, 0.05) is 5.75 Å². The maximum Gasteiger partial charge on any atom is 0.101 e. The molecule has 1 rings (SSSR count). The summed E-state index contributed by atoms with van der Waals surface area (Å²) in [4.78, 5) is 0. The molecule has 1 aromatic rings. The lowest BCUT2D eigenvalue weighted by atomic mass is 10.2. The van der Waals surface area contributed by atoms with Crippen LogP contribution in [0, 0.1) is 5.41 Å². The molecule has 0 atom stereocenters. The molecule has 2 nitrogen and oxygen atoms in total. The van der Waals surface area contributed by atoms with Crippen molar-refractivity contribution in [1.82, 2.24) is 0 Å². The minimum atomic E-state index is 0.246. The van der Waals surface area contributed by atoms with Gasteiger partial charge in [-0.2, -0.15) is 0 Å². The van der Waals surface area contributed by atoms with Gasteiger partial charge in [0.2, 0.25) is 0 Å². The molecule has 0 aliphatic rings. The maximum atomic E-state index is 7.02. The Balaban J connectivity index is 2.29. The molecular weight excluding hydrogens is 168 g/mol. The van der Waals surface area contributed by atoms with Crippen molar-refractivity contribution in [3.05, 3.63) is 35.9 Å². The maximum absolute atomic E-state index is 7.02. The molecule has 1 aromatic carbocycles. The minimum absolute atomic E-state index is 0.246. The Morgan fingerprint density at radius 3 is 2.58 bits per heavy atom. The van der Waals surface area contributed by atoms with E-state index >= 15 is 0 Å². The van der Waals surface area contributed by atoms with Gasteiger partial charge in [-0.1, -0.05) is 30.3 Å². The summed E-state index contributed by atoms with van der Waals surface area (Å²) in [6.45, 7) is 0. The highest BCUT2D eigenvalue weighted by atomic mass is 32.2. The SMILES string of the molecule is N=C(N)CSCc1ccccc1. The second-order valence-corrected chi connectivity index (χ2v) is 3.49.